The van der Waals surface area contributed by atoms with Gasteiger partial charge in [0.15, 0.2) is 0 Å². The molecule has 0 saturated carbocycles. The third-order valence-corrected chi connectivity index (χ3v) is 4.01. The Morgan fingerprint density at radius 3 is 2.08 bits per heavy atom. The summed E-state index contributed by atoms with van der Waals surface area (Å²) in [4.78, 5) is 12.4. The quantitative estimate of drug-likeness (QED) is 0.693. The molecule has 0 aliphatic carbocycles. The van der Waals surface area contributed by atoms with E-state index >= 15 is 0 Å². The summed E-state index contributed by atoms with van der Waals surface area (Å²) in [6.07, 6.45) is 3.32. The van der Waals surface area contributed by atoms with Crippen molar-refractivity contribution in [3.05, 3.63) is 78.3 Å². The molecule has 0 aliphatic heterocycles. The SMILES string of the molecule is CC(C)(C)c1ccc(NC(=O)c2ccc(-c3ccoc3)cc2)cc1. The van der Waals surface area contributed by atoms with Crippen molar-refractivity contribution < 1.29 is 9.21 Å². The highest BCUT2D eigenvalue weighted by atomic mass is 16.3. The van der Waals surface area contributed by atoms with Crippen LogP contribution in [-0.2, 0) is 5.41 Å². The summed E-state index contributed by atoms with van der Waals surface area (Å²) in [6, 6.07) is 17.4. The maximum atomic E-state index is 12.4. The Balaban J connectivity index is 1.71. The van der Waals surface area contributed by atoms with Crippen molar-refractivity contribution in [3.63, 3.8) is 0 Å². The van der Waals surface area contributed by atoms with Gasteiger partial charge >= 0.3 is 0 Å². The lowest BCUT2D eigenvalue weighted by molar-refractivity contribution is 0.102. The second-order valence-corrected chi connectivity index (χ2v) is 6.87. The highest BCUT2D eigenvalue weighted by Gasteiger charge is 2.13. The number of furan rings is 1. The maximum Gasteiger partial charge on any atom is 0.255 e. The number of amides is 1. The third-order valence-electron chi connectivity index (χ3n) is 4.01. The first-order valence-electron chi connectivity index (χ1n) is 7.98. The minimum atomic E-state index is -0.114. The molecular formula is C21H21NO2. The van der Waals surface area contributed by atoms with E-state index in [2.05, 4.69) is 38.2 Å². The second kappa shape index (κ2) is 6.36. The Hall–Kier alpha value is -2.81. The molecule has 0 fully saturated rings. The van der Waals surface area contributed by atoms with Gasteiger partial charge in [-0.3, -0.25) is 4.79 Å². The average Bonchev–Trinajstić information content (AvgIpc) is 3.09. The molecule has 0 saturated heterocycles. The van der Waals surface area contributed by atoms with Gasteiger partial charge in [0, 0.05) is 16.8 Å². The van der Waals surface area contributed by atoms with Crippen LogP contribution in [0.25, 0.3) is 11.1 Å². The molecule has 1 heterocycles. The molecule has 0 atom stereocenters. The fourth-order valence-corrected chi connectivity index (χ4v) is 2.50. The van der Waals surface area contributed by atoms with Gasteiger partial charge in [-0.25, -0.2) is 0 Å². The number of benzene rings is 2. The van der Waals surface area contributed by atoms with Crippen molar-refractivity contribution in [1.29, 1.82) is 0 Å². The molecule has 1 aromatic heterocycles. The van der Waals surface area contributed by atoms with E-state index in [9.17, 15) is 4.79 Å². The van der Waals surface area contributed by atoms with Crippen molar-refractivity contribution in [2.24, 2.45) is 0 Å². The molecule has 1 amide bonds. The fraction of sp³-hybridized carbons (Fsp3) is 0.190. The minimum absolute atomic E-state index is 0.103. The van der Waals surface area contributed by atoms with E-state index in [1.54, 1.807) is 12.5 Å². The molecule has 0 aliphatic rings. The van der Waals surface area contributed by atoms with Crippen LogP contribution in [0.4, 0.5) is 5.69 Å². The van der Waals surface area contributed by atoms with E-state index in [0.717, 1.165) is 16.8 Å². The molecular weight excluding hydrogens is 298 g/mol. The Morgan fingerprint density at radius 2 is 1.54 bits per heavy atom. The van der Waals surface area contributed by atoms with Gasteiger partial charge in [-0.1, -0.05) is 45.0 Å². The number of nitrogens with one attached hydrogen (secondary N) is 1. The van der Waals surface area contributed by atoms with Gasteiger partial charge in [0.25, 0.3) is 5.91 Å². The molecule has 0 radical (unpaired) electrons. The zero-order valence-electron chi connectivity index (χ0n) is 14.2. The van der Waals surface area contributed by atoms with Crippen molar-refractivity contribution in [2.45, 2.75) is 26.2 Å². The monoisotopic (exact) mass is 319 g/mol. The highest BCUT2D eigenvalue weighted by molar-refractivity contribution is 6.04. The van der Waals surface area contributed by atoms with Gasteiger partial charge in [0.2, 0.25) is 0 Å². The Bertz CT molecular complexity index is 808. The minimum Gasteiger partial charge on any atom is -0.472 e. The number of anilines is 1. The predicted molar refractivity (Wildman–Crippen MR) is 97.2 cm³/mol. The van der Waals surface area contributed by atoms with E-state index in [4.69, 9.17) is 4.42 Å². The van der Waals surface area contributed by atoms with E-state index in [0.29, 0.717) is 5.56 Å². The largest absolute Gasteiger partial charge is 0.472 e. The Labute approximate surface area is 142 Å². The van der Waals surface area contributed by atoms with Crippen LogP contribution < -0.4 is 5.32 Å². The second-order valence-electron chi connectivity index (χ2n) is 6.87. The zero-order chi connectivity index (χ0) is 17.2. The molecule has 1 N–H and O–H groups in total. The Kier molecular flexibility index (Phi) is 4.26. The zero-order valence-corrected chi connectivity index (χ0v) is 14.2. The van der Waals surface area contributed by atoms with Gasteiger partial charge in [0.1, 0.15) is 0 Å². The molecule has 24 heavy (non-hydrogen) atoms. The highest BCUT2D eigenvalue weighted by Crippen LogP contribution is 2.24. The van der Waals surface area contributed by atoms with Gasteiger partial charge in [0.05, 0.1) is 12.5 Å². The first-order valence-corrected chi connectivity index (χ1v) is 7.98. The van der Waals surface area contributed by atoms with Crippen molar-refractivity contribution in [1.82, 2.24) is 0 Å². The molecule has 3 aromatic rings. The van der Waals surface area contributed by atoms with Crippen LogP contribution in [0.1, 0.15) is 36.7 Å². The molecule has 0 bridgehead atoms. The van der Waals surface area contributed by atoms with E-state index < -0.39 is 0 Å². The molecule has 3 heteroatoms. The number of carbonyl (C=O) groups excluding carboxylic acids is 1. The summed E-state index contributed by atoms with van der Waals surface area (Å²) in [5.74, 6) is -0.114. The van der Waals surface area contributed by atoms with Crippen LogP contribution in [0, 0.1) is 0 Å². The van der Waals surface area contributed by atoms with Crippen LogP contribution in [0.15, 0.2) is 71.5 Å². The molecule has 0 unspecified atom stereocenters. The van der Waals surface area contributed by atoms with Crippen LogP contribution in [0.5, 0.6) is 0 Å². The topological polar surface area (TPSA) is 42.2 Å². The summed E-state index contributed by atoms with van der Waals surface area (Å²) >= 11 is 0. The average molecular weight is 319 g/mol. The van der Waals surface area contributed by atoms with E-state index in [1.165, 1.54) is 5.56 Å². The molecule has 3 nitrogen and oxygen atoms in total. The predicted octanol–water partition coefficient (Wildman–Crippen LogP) is 5.50. The third kappa shape index (κ3) is 3.57. The van der Waals surface area contributed by atoms with Crippen LogP contribution >= 0.6 is 0 Å². The first-order chi connectivity index (χ1) is 11.4. The van der Waals surface area contributed by atoms with Gasteiger partial charge in [-0.05, 0) is 46.9 Å². The van der Waals surface area contributed by atoms with Crippen LogP contribution in [0.2, 0.25) is 0 Å². The lowest BCUT2D eigenvalue weighted by Crippen LogP contribution is -2.13. The lowest BCUT2D eigenvalue weighted by atomic mass is 9.87. The standard InChI is InChI=1S/C21H21NO2/c1-21(2,3)18-8-10-19(11-9-18)22-20(23)16-6-4-15(5-7-16)17-12-13-24-14-17/h4-14H,1-3H3,(H,22,23). The van der Waals surface area contributed by atoms with Gasteiger partial charge in [-0.2, -0.15) is 0 Å². The summed E-state index contributed by atoms with van der Waals surface area (Å²) in [6.45, 7) is 6.51. The van der Waals surface area contributed by atoms with E-state index in [-0.39, 0.29) is 11.3 Å². The number of rotatable bonds is 3. The number of carbonyl (C=O) groups is 1. The summed E-state index contributed by atoms with van der Waals surface area (Å²) in [5.41, 5.74) is 4.79. The summed E-state index contributed by atoms with van der Waals surface area (Å²) in [7, 11) is 0. The van der Waals surface area contributed by atoms with Crippen molar-refractivity contribution >= 4 is 11.6 Å². The van der Waals surface area contributed by atoms with Crippen molar-refractivity contribution in [3.8, 4) is 11.1 Å². The van der Waals surface area contributed by atoms with Crippen molar-refractivity contribution in [2.75, 3.05) is 5.32 Å². The lowest BCUT2D eigenvalue weighted by Gasteiger charge is -2.19. The first kappa shape index (κ1) is 16.1. The van der Waals surface area contributed by atoms with Gasteiger partial charge in [-0.15, -0.1) is 0 Å². The maximum absolute atomic E-state index is 12.4. The number of hydrogen-bond donors (Lipinski definition) is 1. The van der Waals surface area contributed by atoms with Crippen LogP contribution in [-0.4, -0.2) is 5.91 Å². The molecule has 2 aromatic carbocycles. The Morgan fingerprint density at radius 1 is 0.875 bits per heavy atom. The van der Waals surface area contributed by atoms with Gasteiger partial charge < -0.3 is 9.73 Å². The number of hydrogen-bond acceptors (Lipinski definition) is 2. The van der Waals surface area contributed by atoms with Crippen LogP contribution in [0.3, 0.4) is 0 Å². The summed E-state index contributed by atoms with van der Waals surface area (Å²) in [5, 5.41) is 2.93. The molecule has 3 rings (SSSR count). The molecule has 0 spiro atoms. The smallest absolute Gasteiger partial charge is 0.255 e. The summed E-state index contributed by atoms with van der Waals surface area (Å²) < 4.78 is 5.08. The fourth-order valence-electron chi connectivity index (χ4n) is 2.50. The normalized spacial score (nSPS) is 11.3. The molecule has 122 valence electrons. The van der Waals surface area contributed by atoms with E-state index in [1.807, 2.05) is 42.5 Å².